The number of rotatable bonds is 13. The SMILES string of the molecule is COCCNC(=O)[C@H](C)N(Cc1ccc(Cl)cc1)C(=O)CCc1ccc(S(=O)(=O)NC2CC2)cc1. The van der Waals surface area contributed by atoms with Crippen molar-refractivity contribution in [3.05, 3.63) is 64.7 Å². The number of hydrogen-bond donors (Lipinski definition) is 2. The average Bonchev–Trinajstić information content (AvgIpc) is 3.65. The van der Waals surface area contributed by atoms with Gasteiger partial charge >= 0.3 is 0 Å². The number of ether oxygens (including phenoxy) is 1. The quantitative estimate of drug-likeness (QED) is 0.394. The fourth-order valence-corrected chi connectivity index (χ4v) is 4.94. The second kappa shape index (κ2) is 12.5. The van der Waals surface area contributed by atoms with Gasteiger partial charge in [0.1, 0.15) is 6.04 Å². The fraction of sp³-hybridized carbons (Fsp3) is 0.440. The summed E-state index contributed by atoms with van der Waals surface area (Å²) in [6.45, 7) is 2.69. The van der Waals surface area contributed by atoms with Crippen LogP contribution < -0.4 is 10.0 Å². The highest BCUT2D eigenvalue weighted by Crippen LogP contribution is 2.22. The largest absolute Gasteiger partial charge is 0.383 e. The molecule has 1 aliphatic carbocycles. The number of methoxy groups -OCH3 is 1. The van der Waals surface area contributed by atoms with Crippen LogP contribution in [0.4, 0.5) is 0 Å². The van der Waals surface area contributed by atoms with Crippen LogP contribution in [0.5, 0.6) is 0 Å². The van der Waals surface area contributed by atoms with Gasteiger partial charge in [-0.1, -0.05) is 35.9 Å². The maximum absolute atomic E-state index is 13.2. The van der Waals surface area contributed by atoms with Crippen LogP contribution in [0.1, 0.15) is 37.3 Å². The van der Waals surface area contributed by atoms with E-state index in [-0.39, 0.29) is 35.7 Å². The maximum Gasteiger partial charge on any atom is 0.242 e. The summed E-state index contributed by atoms with van der Waals surface area (Å²) in [5, 5.41) is 3.38. The molecule has 0 heterocycles. The number of hydrogen-bond acceptors (Lipinski definition) is 5. The van der Waals surface area contributed by atoms with Crippen LogP contribution >= 0.6 is 11.6 Å². The van der Waals surface area contributed by atoms with Crippen molar-refractivity contribution < 1.29 is 22.7 Å². The molecule has 2 amide bonds. The molecule has 2 aromatic carbocycles. The van der Waals surface area contributed by atoms with Crippen LogP contribution in [0.2, 0.25) is 5.02 Å². The predicted molar refractivity (Wildman–Crippen MR) is 134 cm³/mol. The molecule has 2 N–H and O–H groups in total. The van der Waals surface area contributed by atoms with Crippen molar-refractivity contribution in [2.45, 2.75) is 56.1 Å². The first-order valence-corrected chi connectivity index (χ1v) is 13.5. The summed E-state index contributed by atoms with van der Waals surface area (Å²) in [6, 6.07) is 13.1. The number of nitrogens with one attached hydrogen (secondary N) is 2. The highest BCUT2D eigenvalue weighted by molar-refractivity contribution is 7.89. The zero-order chi connectivity index (χ0) is 25.4. The van der Waals surface area contributed by atoms with Gasteiger partial charge in [0.25, 0.3) is 0 Å². The third kappa shape index (κ3) is 8.31. The number of benzene rings is 2. The number of carbonyl (C=O) groups is 2. The summed E-state index contributed by atoms with van der Waals surface area (Å²) < 4.78 is 32.3. The molecule has 1 saturated carbocycles. The van der Waals surface area contributed by atoms with E-state index in [0.29, 0.717) is 24.6 Å². The third-order valence-electron chi connectivity index (χ3n) is 5.80. The molecule has 3 rings (SSSR count). The second-order valence-corrected chi connectivity index (χ2v) is 10.8. The maximum atomic E-state index is 13.2. The predicted octanol–water partition coefficient (Wildman–Crippen LogP) is 2.89. The summed E-state index contributed by atoms with van der Waals surface area (Å²) in [7, 11) is -1.96. The molecule has 1 atom stereocenters. The molecule has 0 spiro atoms. The lowest BCUT2D eigenvalue weighted by molar-refractivity contribution is -0.140. The number of nitrogens with zero attached hydrogens (tertiary/aromatic N) is 1. The van der Waals surface area contributed by atoms with Crippen molar-refractivity contribution in [3.8, 4) is 0 Å². The number of carbonyl (C=O) groups excluding carboxylic acids is 2. The van der Waals surface area contributed by atoms with E-state index in [1.54, 1.807) is 55.3 Å². The van der Waals surface area contributed by atoms with E-state index >= 15 is 0 Å². The van der Waals surface area contributed by atoms with Gasteiger partial charge in [-0.3, -0.25) is 9.59 Å². The van der Waals surface area contributed by atoms with Crippen LogP contribution in [-0.4, -0.2) is 57.5 Å². The Morgan fingerprint density at radius 1 is 1.09 bits per heavy atom. The molecule has 2 aromatic rings. The zero-order valence-corrected chi connectivity index (χ0v) is 21.6. The summed E-state index contributed by atoms with van der Waals surface area (Å²) >= 11 is 5.98. The van der Waals surface area contributed by atoms with E-state index in [1.165, 1.54) is 0 Å². The Balaban J connectivity index is 1.65. The van der Waals surface area contributed by atoms with Gasteiger partial charge in [-0.25, -0.2) is 13.1 Å². The molecule has 8 nitrogen and oxygen atoms in total. The molecule has 0 radical (unpaired) electrons. The minimum Gasteiger partial charge on any atom is -0.383 e. The van der Waals surface area contributed by atoms with E-state index < -0.39 is 16.1 Å². The summed E-state index contributed by atoms with van der Waals surface area (Å²) in [4.78, 5) is 27.6. The standard InChI is InChI=1S/C25H32ClN3O5S/c1-18(25(31)27-15-16-34-2)29(17-20-3-8-21(26)9-4-20)24(30)14-7-19-5-12-23(13-6-19)35(32,33)28-22-10-11-22/h3-6,8-9,12-13,18,22,28H,7,10-11,14-17H2,1-2H3,(H,27,31)/t18-/m0/s1. The van der Waals surface area contributed by atoms with Crippen molar-refractivity contribution in [1.82, 2.24) is 14.9 Å². The topological polar surface area (TPSA) is 105 Å². The zero-order valence-electron chi connectivity index (χ0n) is 20.0. The van der Waals surface area contributed by atoms with E-state index in [9.17, 15) is 18.0 Å². The van der Waals surface area contributed by atoms with Crippen LogP contribution in [0.15, 0.2) is 53.4 Å². The van der Waals surface area contributed by atoms with Gasteiger partial charge in [0.2, 0.25) is 21.8 Å². The van der Waals surface area contributed by atoms with Crippen LogP contribution in [-0.2, 0) is 37.3 Å². The molecule has 0 aromatic heterocycles. The Morgan fingerprint density at radius 2 is 1.71 bits per heavy atom. The fourth-order valence-electron chi connectivity index (χ4n) is 3.51. The Hall–Kier alpha value is -2.46. The van der Waals surface area contributed by atoms with Gasteiger partial charge < -0.3 is 15.0 Å². The minimum atomic E-state index is -3.51. The van der Waals surface area contributed by atoms with Gasteiger partial charge in [-0.2, -0.15) is 0 Å². The molecule has 35 heavy (non-hydrogen) atoms. The molecule has 0 saturated heterocycles. The van der Waals surface area contributed by atoms with Gasteiger partial charge in [0.15, 0.2) is 0 Å². The first-order valence-electron chi connectivity index (χ1n) is 11.6. The molecular formula is C25H32ClN3O5S. The van der Waals surface area contributed by atoms with Crippen molar-refractivity contribution >= 4 is 33.4 Å². The lowest BCUT2D eigenvalue weighted by Crippen LogP contribution is -2.48. The van der Waals surface area contributed by atoms with E-state index in [4.69, 9.17) is 16.3 Å². The lowest BCUT2D eigenvalue weighted by Gasteiger charge is -2.29. The molecule has 1 aliphatic rings. The molecule has 1 fully saturated rings. The molecule has 0 aliphatic heterocycles. The summed E-state index contributed by atoms with van der Waals surface area (Å²) in [5.74, 6) is -0.441. The van der Waals surface area contributed by atoms with E-state index in [2.05, 4.69) is 10.0 Å². The highest BCUT2D eigenvalue weighted by Gasteiger charge is 2.28. The van der Waals surface area contributed by atoms with Crippen molar-refractivity contribution in [2.24, 2.45) is 0 Å². The number of aryl methyl sites for hydroxylation is 1. The summed E-state index contributed by atoms with van der Waals surface area (Å²) in [6.07, 6.45) is 2.34. The van der Waals surface area contributed by atoms with Gasteiger partial charge in [0.05, 0.1) is 11.5 Å². The monoisotopic (exact) mass is 521 g/mol. The van der Waals surface area contributed by atoms with Gasteiger partial charge in [0, 0.05) is 37.7 Å². The van der Waals surface area contributed by atoms with Crippen molar-refractivity contribution in [2.75, 3.05) is 20.3 Å². The normalized spacial score (nSPS) is 14.4. The number of sulfonamides is 1. The Bertz CT molecular complexity index is 1100. The van der Waals surface area contributed by atoms with Crippen LogP contribution in [0, 0.1) is 0 Å². The Kier molecular flexibility index (Phi) is 9.68. The van der Waals surface area contributed by atoms with E-state index in [0.717, 1.165) is 24.0 Å². The average molecular weight is 522 g/mol. The molecule has 10 heteroatoms. The third-order valence-corrected chi connectivity index (χ3v) is 7.59. The van der Waals surface area contributed by atoms with Crippen molar-refractivity contribution in [3.63, 3.8) is 0 Å². The number of amides is 2. The first-order chi connectivity index (χ1) is 16.7. The van der Waals surface area contributed by atoms with Gasteiger partial charge in [-0.05, 0) is 61.6 Å². The minimum absolute atomic E-state index is 0.0395. The van der Waals surface area contributed by atoms with Gasteiger partial charge in [-0.15, -0.1) is 0 Å². The van der Waals surface area contributed by atoms with Crippen LogP contribution in [0.25, 0.3) is 0 Å². The first kappa shape index (κ1) is 27.1. The molecule has 0 bridgehead atoms. The molecular weight excluding hydrogens is 490 g/mol. The second-order valence-electron chi connectivity index (χ2n) is 8.65. The number of halogens is 1. The molecule has 0 unspecified atom stereocenters. The van der Waals surface area contributed by atoms with Crippen molar-refractivity contribution in [1.29, 1.82) is 0 Å². The Morgan fingerprint density at radius 3 is 2.31 bits per heavy atom. The lowest BCUT2D eigenvalue weighted by atomic mass is 10.1. The van der Waals surface area contributed by atoms with E-state index in [1.807, 2.05) is 12.1 Å². The Labute approximate surface area is 212 Å². The highest BCUT2D eigenvalue weighted by atomic mass is 35.5. The smallest absolute Gasteiger partial charge is 0.242 e. The molecule has 190 valence electrons. The summed E-state index contributed by atoms with van der Waals surface area (Å²) in [5.41, 5.74) is 1.70. The van der Waals surface area contributed by atoms with Crippen LogP contribution in [0.3, 0.4) is 0 Å².